The van der Waals surface area contributed by atoms with Crippen LogP contribution in [0.5, 0.6) is 0 Å². The van der Waals surface area contributed by atoms with Crippen molar-refractivity contribution in [2.45, 2.75) is 25.8 Å². The van der Waals surface area contributed by atoms with Gasteiger partial charge in [0.25, 0.3) is 0 Å². The van der Waals surface area contributed by atoms with Crippen molar-refractivity contribution < 1.29 is 14.3 Å². The highest BCUT2D eigenvalue weighted by atomic mass is 16.5. The van der Waals surface area contributed by atoms with E-state index < -0.39 is 0 Å². The molecule has 2 amide bonds. The molecule has 1 saturated heterocycles. The van der Waals surface area contributed by atoms with Gasteiger partial charge in [0.15, 0.2) is 0 Å². The van der Waals surface area contributed by atoms with E-state index in [-0.39, 0.29) is 24.4 Å². The van der Waals surface area contributed by atoms with Crippen LogP contribution in [0.25, 0.3) is 0 Å². The molecule has 6 heteroatoms. The molecule has 0 aromatic heterocycles. The maximum absolute atomic E-state index is 11.8. The Kier molecular flexibility index (Phi) is 6.36. The summed E-state index contributed by atoms with van der Waals surface area (Å²) in [5, 5.41) is 8.62. The van der Waals surface area contributed by atoms with Gasteiger partial charge in [0.05, 0.1) is 19.8 Å². The number of ether oxygens (including phenoxy) is 1. The molecule has 0 saturated carbocycles. The third-order valence-electron chi connectivity index (χ3n) is 3.50. The first-order valence-corrected chi connectivity index (χ1v) is 7.64. The number of carbonyl (C=O) groups is 2. The second kappa shape index (κ2) is 8.51. The Morgan fingerprint density at radius 2 is 2.23 bits per heavy atom. The Bertz CT molecular complexity index is 513. The lowest BCUT2D eigenvalue weighted by atomic mass is 10.1. The number of rotatable bonds is 6. The van der Waals surface area contributed by atoms with Crippen molar-refractivity contribution in [2.75, 3.05) is 31.6 Å². The van der Waals surface area contributed by atoms with Crippen molar-refractivity contribution in [3.8, 4) is 0 Å². The monoisotopic (exact) mass is 305 g/mol. The van der Waals surface area contributed by atoms with E-state index in [2.05, 4.69) is 22.9 Å². The van der Waals surface area contributed by atoms with Crippen LogP contribution in [-0.4, -0.2) is 44.2 Å². The van der Waals surface area contributed by atoms with Crippen molar-refractivity contribution in [3.05, 3.63) is 29.8 Å². The summed E-state index contributed by atoms with van der Waals surface area (Å²) in [6.45, 7) is 4.00. The normalized spacial score (nSPS) is 17.8. The van der Waals surface area contributed by atoms with Crippen LogP contribution < -0.4 is 16.0 Å². The van der Waals surface area contributed by atoms with E-state index in [1.54, 1.807) is 0 Å². The molecule has 22 heavy (non-hydrogen) atoms. The van der Waals surface area contributed by atoms with Gasteiger partial charge in [-0.2, -0.15) is 0 Å². The van der Waals surface area contributed by atoms with Gasteiger partial charge in [0.1, 0.15) is 0 Å². The number of aryl methyl sites for hydroxylation is 1. The average molecular weight is 305 g/mol. The van der Waals surface area contributed by atoms with Gasteiger partial charge in [-0.1, -0.05) is 19.1 Å². The molecule has 1 aromatic rings. The molecule has 0 radical (unpaired) electrons. The zero-order valence-corrected chi connectivity index (χ0v) is 12.9. The lowest BCUT2D eigenvalue weighted by molar-refractivity contribution is -0.125. The van der Waals surface area contributed by atoms with Crippen LogP contribution in [0.1, 0.15) is 18.9 Å². The smallest absolute Gasteiger partial charge is 0.243 e. The van der Waals surface area contributed by atoms with Crippen LogP contribution in [0.15, 0.2) is 24.3 Å². The summed E-state index contributed by atoms with van der Waals surface area (Å²) in [7, 11) is 0. The van der Waals surface area contributed by atoms with Crippen LogP contribution in [-0.2, 0) is 20.7 Å². The van der Waals surface area contributed by atoms with E-state index >= 15 is 0 Å². The summed E-state index contributed by atoms with van der Waals surface area (Å²) in [5.74, 6) is -0.380. The fraction of sp³-hybridized carbons (Fsp3) is 0.500. The number of hydrogen-bond acceptors (Lipinski definition) is 4. The van der Waals surface area contributed by atoms with Crippen LogP contribution in [0.4, 0.5) is 5.69 Å². The highest BCUT2D eigenvalue weighted by molar-refractivity contribution is 5.94. The third kappa shape index (κ3) is 5.46. The third-order valence-corrected chi connectivity index (χ3v) is 3.50. The molecule has 1 fully saturated rings. The fourth-order valence-electron chi connectivity index (χ4n) is 2.30. The van der Waals surface area contributed by atoms with Gasteiger partial charge >= 0.3 is 0 Å². The summed E-state index contributed by atoms with van der Waals surface area (Å²) in [6.07, 6.45) is 1.23. The Balaban J connectivity index is 1.71. The van der Waals surface area contributed by atoms with Crippen LogP contribution in [0, 0.1) is 0 Å². The summed E-state index contributed by atoms with van der Waals surface area (Å²) in [4.78, 5) is 23.6. The van der Waals surface area contributed by atoms with E-state index in [0.29, 0.717) is 19.6 Å². The van der Waals surface area contributed by atoms with Crippen molar-refractivity contribution in [3.63, 3.8) is 0 Å². The lowest BCUT2D eigenvalue weighted by Gasteiger charge is -2.23. The summed E-state index contributed by atoms with van der Waals surface area (Å²) in [5.41, 5.74) is 1.91. The van der Waals surface area contributed by atoms with E-state index in [0.717, 1.165) is 24.2 Å². The molecule has 1 atom stereocenters. The number of benzene rings is 1. The number of anilines is 1. The highest BCUT2D eigenvalue weighted by Gasteiger charge is 2.17. The average Bonchev–Trinajstić information content (AvgIpc) is 2.54. The van der Waals surface area contributed by atoms with Crippen molar-refractivity contribution in [1.82, 2.24) is 10.6 Å². The van der Waals surface area contributed by atoms with Gasteiger partial charge in [-0.15, -0.1) is 0 Å². The molecule has 120 valence electrons. The molecule has 1 aromatic carbocycles. The molecule has 6 nitrogen and oxygen atoms in total. The summed E-state index contributed by atoms with van der Waals surface area (Å²) < 4.78 is 5.29. The molecule has 1 unspecified atom stereocenters. The first kappa shape index (κ1) is 16.5. The van der Waals surface area contributed by atoms with Crippen molar-refractivity contribution in [1.29, 1.82) is 0 Å². The quantitative estimate of drug-likeness (QED) is 0.722. The minimum atomic E-state index is -0.227. The van der Waals surface area contributed by atoms with Gasteiger partial charge in [0, 0.05) is 24.7 Å². The standard InChI is InChI=1S/C16H23N3O3/c1-2-12-4-3-5-13(8-12)19-16(21)10-18-15(20)9-14-11-22-7-6-17-14/h3-5,8,14,17H,2,6-7,9-11H2,1H3,(H,18,20)(H,19,21). The zero-order valence-electron chi connectivity index (χ0n) is 12.9. The molecule has 0 aliphatic carbocycles. The van der Waals surface area contributed by atoms with Crippen molar-refractivity contribution in [2.24, 2.45) is 0 Å². The second-order valence-corrected chi connectivity index (χ2v) is 5.31. The minimum absolute atomic E-state index is 0.0250. The number of hydrogen-bond donors (Lipinski definition) is 3. The van der Waals surface area contributed by atoms with Gasteiger partial charge in [-0.05, 0) is 24.1 Å². The zero-order chi connectivity index (χ0) is 15.8. The maximum atomic E-state index is 11.8. The number of nitrogens with one attached hydrogen (secondary N) is 3. The Hall–Kier alpha value is -1.92. The predicted molar refractivity (Wildman–Crippen MR) is 84.7 cm³/mol. The summed E-state index contributed by atoms with van der Waals surface area (Å²) in [6, 6.07) is 7.71. The molecule has 2 rings (SSSR count). The SMILES string of the molecule is CCc1cccc(NC(=O)CNC(=O)CC2COCCN2)c1. The molecule has 0 spiro atoms. The first-order chi connectivity index (χ1) is 10.7. The van der Waals surface area contributed by atoms with Gasteiger partial charge in [-0.3, -0.25) is 9.59 Å². The van der Waals surface area contributed by atoms with E-state index in [1.807, 2.05) is 24.3 Å². The van der Waals surface area contributed by atoms with Gasteiger partial charge < -0.3 is 20.7 Å². The molecular formula is C16H23N3O3. The Labute approximate surface area is 130 Å². The minimum Gasteiger partial charge on any atom is -0.378 e. The van der Waals surface area contributed by atoms with Crippen LogP contribution >= 0.6 is 0 Å². The molecule has 1 aliphatic heterocycles. The van der Waals surface area contributed by atoms with E-state index in [9.17, 15) is 9.59 Å². The Morgan fingerprint density at radius 1 is 1.36 bits per heavy atom. The molecular weight excluding hydrogens is 282 g/mol. The summed E-state index contributed by atoms with van der Waals surface area (Å²) >= 11 is 0. The van der Waals surface area contributed by atoms with Crippen LogP contribution in [0.2, 0.25) is 0 Å². The van der Waals surface area contributed by atoms with E-state index in [4.69, 9.17) is 4.74 Å². The molecule has 3 N–H and O–H groups in total. The molecule has 0 bridgehead atoms. The number of morpholine rings is 1. The maximum Gasteiger partial charge on any atom is 0.243 e. The first-order valence-electron chi connectivity index (χ1n) is 7.64. The molecule has 1 aliphatic rings. The topological polar surface area (TPSA) is 79.5 Å². The second-order valence-electron chi connectivity index (χ2n) is 5.31. The number of amides is 2. The lowest BCUT2D eigenvalue weighted by Crippen LogP contribution is -2.45. The fourth-order valence-corrected chi connectivity index (χ4v) is 2.30. The Morgan fingerprint density at radius 3 is 2.95 bits per heavy atom. The highest BCUT2D eigenvalue weighted by Crippen LogP contribution is 2.10. The molecule has 1 heterocycles. The largest absolute Gasteiger partial charge is 0.378 e. The van der Waals surface area contributed by atoms with Crippen LogP contribution in [0.3, 0.4) is 0 Å². The van der Waals surface area contributed by atoms with Gasteiger partial charge in [0.2, 0.25) is 11.8 Å². The number of carbonyl (C=O) groups excluding carboxylic acids is 2. The van der Waals surface area contributed by atoms with E-state index in [1.165, 1.54) is 0 Å². The van der Waals surface area contributed by atoms with Crippen molar-refractivity contribution >= 4 is 17.5 Å². The predicted octanol–water partition coefficient (Wildman–Crippen LogP) is 0.682. The van der Waals surface area contributed by atoms with Gasteiger partial charge in [-0.25, -0.2) is 0 Å².